The van der Waals surface area contributed by atoms with Crippen molar-refractivity contribution < 1.29 is 4.79 Å². The van der Waals surface area contributed by atoms with Crippen molar-refractivity contribution in [1.29, 1.82) is 0 Å². The molecule has 5 heteroatoms. The number of benzene rings is 1. The van der Waals surface area contributed by atoms with Crippen molar-refractivity contribution in [1.82, 2.24) is 15.1 Å². The van der Waals surface area contributed by atoms with Crippen molar-refractivity contribution in [2.24, 2.45) is 5.92 Å². The third-order valence-electron chi connectivity index (χ3n) is 3.71. The van der Waals surface area contributed by atoms with Gasteiger partial charge in [-0.1, -0.05) is 29.8 Å². The van der Waals surface area contributed by atoms with Gasteiger partial charge in [0.1, 0.15) is 5.15 Å². The van der Waals surface area contributed by atoms with Gasteiger partial charge in [0.25, 0.3) is 0 Å². The van der Waals surface area contributed by atoms with Gasteiger partial charge in [-0.15, -0.1) is 0 Å². The Labute approximate surface area is 134 Å². The molecule has 114 valence electrons. The van der Waals surface area contributed by atoms with Crippen molar-refractivity contribution in [3.8, 4) is 5.69 Å². The lowest BCUT2D eigenvalue weighted by atomic mass is 10.2. The SMILES string of the molecule is Cc1nn(-c2ccccc2)c(Cl)c1/C=C/C(=O)NCC1CC1. The largest absolute Gasteiger partial charge is 0.352 e. The molecule has 4 nitrogen and oxygen atoms in total. The van der Waals surface area contributed by atoms with E-state index < -0.39 is 0 Å². The number of aryl methyl sites for hydroxylation is 1. The van der Waals surface area contributed by atoms with Gasteiger partial charge in [-0.05, 0) is 43.9 Å². The average molecular weight is 316 g/mol. The predicted molar refractivity (Wildman–Crippen MR) is 88.1 cm³/mol. The fraction of sp³-hybridized carbons (Fsp3) is 0.294. The molecule has 0 spiro atoms. The summed E-state index contributed by atoms with van der Waals surface area (Å²) >= 11 is 6.40. The molecule has 3 rings (SSSR count). The zero-order valence-corrected chi connectivity index (χ0v) is 13.2. The molecule has 1 N–H and O–H groups in total. The predicted octanol–water partition coefficient (Wildman–Crippen LogP) is 3.37. The number of aromatic nitrogens is 2. The summed E-state index contributed by atoms with van der Waals surface area (Å²) < 4.78 is 1.68. The van der Waals surface area contributed by atoms with Crippen LogP contribution in [0.1, 0.15) is 24.1 Å². The van der Waals surface area contributed by atoms with Crippen LogP contribution in [-0.2, 0) is 4.79 Å². The minimum atomic E-state index is -0.0881. The number of carbonyl (C=O) groups excluding carboxylic acids is 1. The van der Waals surface area contributed by atoms with E-state index in [0.717, 1.165) is 23.5 Å². The van der Waals surface area contributed by atoms with E-state index >= 15 is 0 Å². The first-order chi connectivity index (χ1) is 10.6. The van der Waals surface area contributed by atoms with Crippen molar-refractivity contribution >= 4 is 23.6 Å². The van der Waals surface area contributed by atoms with Crippen LogP contribution in [0.5, 0.6) is 0 Å². The molecule has 1 fully saturated rings. The number of rotatable bonds is 5. The summed E-state index contributed by atoms with van der Waals surface area (Å²) in [5.41, 5.74) is 2.46. The van der Waals surface area contributed by atoms with E-state index in [9.17, 15) is 4.79 Å². The van der Waals surface area contributed by atoms with Crippen LogP contribution in [0.15, 0.2) is 36.4 Å². The lowest BCUT2D eigenvalue weighted by Crippen LogP contribution is -2.23. The zero-order valence-electron chi connectivity index (χ0n) is 12.4. The number of halogens is 1. The van der Waals surface area contributed by atoms with Crippen LogP contribution in [0.4, 0.5) is 0 Å². The molecule has 0 aliphatic heterocycles. The molecular weight excluding hydrogens is 298 g/mol. The lowest BCUT2D eigenvalue weighted by Gasteiger charge is -2.02. The molecule has 1 aliphatic carbocycles. The summed E-state index contributed by atoms with van der Waals surface area (Å²) in [6.07, 6.45) is 5.69. The van der Waals surface area contributed by atoms with Crippen molar-refractivity contribution in [2.45, 2.75) is 19.8 Å². The molecule has 1 amide bonds. The second kappa shape index (κ2) is 6.36. The van der Waals surface area contributed by atoms with Gasteiger partial charge in [-0.3, -0.25) is 4.79 Å². The van der Waals surface area contributed by atoms with E-state index in [4.69, 9.17) is 11.6 Å². The van der Waals surface area contributed by atoms with Crippen LogP contribution < -0.4 is 5.32 Å². The Balaban J connectivity index is 1.76. The van der Waals surface area contributed by atoms with Crippen LogP contribution in [-0.4, -0.2) is 22.2 Å². The number of carbonyl (C=O) groups is 1. The number of nitrogens with one attached hydrogen (secondary N) is 1. The number of amides is 1. The summed E-state index contributed by atoms with van der Waals surface area (Å²) in [5.74, 6) is 0.582. The fourth-order valence-electron chi connectivity index (χ4n) is 2.23. The smallest absolute Gasteiger partial charge is 0.244 e. The van der Waals surface area contributed by atoms with Gasteiger partial charge in [-0.2, -0.15) is 5.10 Å². The summed E-state index contributed by atoms with van der Waals surface area (Å²) in [6, 6.07) is 9.69. The second-order valence-electron chi connectivity index (χ2n) is 5.56. The summed E-state index contributed by atoms with van der Waals surface area (Å²) in [5, 5.41) is 7.85. The van der Waals surface area contributed by atoms with Gasteiger partial charge >= 0.3 is 0 Å². The highest BCUT2D eigenvalue weighted by molar-refractivity contribution is 6.31. The summed E-state index contributed by atoms with van der Waals surface area (Å²) in [7, 11) is 0. The number of para-hydroxylation sites is 1. The molecule has 1 aromatic carbocycles. The van der Waals surface area contributed by atoms with E-state index in [0.29, 0.717) is 11.1 Å². The van der Waals surface area contributed by atoms with Gasteiger partial charge < -0.3 is 5.32 Å². The van der Waals surface area contributed by atoms with Gasteiger partial charge in [-0.25, -0.2) is 4.68 Å². The monoisotopic (exact) mass is 315 g/mol. The minimum Gasteiger partial charge on any atom is -0.352 e. The lowest BCUT2D eigenvalue weighted by molar-refractivity contribution is -0.116. The van der Waals surface area contributed by atoms with E-state index in [1.807, 2.05) is 37.3 Å². The normalized spacial score (nSPS) is 14.5. The van der Waals surface area contributed by atoms with Crippen LogP contribution in [0, 0.1) is 12.8 Å². The highest BCUT2D eigenvalue weighted by Gasteiger charge is 2.21. The van der Waals surface area contributed by atoms with Crippen LogP contribution >= 0.6 is 11.6 Å². The van der Waals surface area contributed by atoms with Crippen LogP contribution in [0.25, 0.3) is 11.8 Å². The van der Waals surface area contributed by atoms with Crippen molar-refractivity contribution in [3.63, 3.8) is 0 Å². The molecule has 1 aromatic heterocycles. The molecule has 0 radical (unpaired) electrons. The first-order valence-electron chi connectivity index (χ1n) is 7.41. The van der Waals surface area contributed by atoms with E-state index in [-0.39, 0.29) is 5.91 Å². The summed E-state index contributed by atoms with van der Waals surface area (Å²) in [6.45, 7) is 2.65. The molecule has 1 aliphatic rings. The first kappa shape index (κ1) is 14.9. The maximum atomic E-state index is 11.8. The molecule has 22 heavy (non-hydrogen) atoms. The molecule has 2 aromatic rings. The Hall–Kier alpha value is -2.07. The number of hydrogen-bond donors (Lipinski definition) is 1. The van der Waals surface area contributed by atoms with Gasteiger partial charge in [0.05, 0.1) is 11.4 Å². The average Bonchev–Trinajstić information content (AvgIpc) is 3.31. The highest BCUT2D eigenvalue weighted by Crippen LogP contribution is 2.27. The molecule has 0 unspecified atom stereocenters. The number of nitrogens with zero attached hydrogens (tertiary/aromatic N) is 2. The highest BCUT2D eigenvalue weighted by atomic mass is 35.5. The molecule has 0 atom stereocenters. The fourth-order valence-corrected chi connectivity index (χ4v) is 2.56. The van der Waals surface area contributed by atoms with Gasteiger partial charge in [0, 0.05) is 18.2 Å². The zero-order chi connectivity index (χ0) is 15.5. The van der Waals surface area contributed by atoms with E-state index in [2.05, 4.69) is 10.4 Å². The maximum Gasteiger partial charge on any atom is 0.244 e. The first-order valence-corrected chi connectivity index (χ1v) is 7.79. The topological polar surface area (TPSA) is 46.9 Å². The molecular formula is C17H18ClN3O. The Morgan fingerprint density at radius 2 is 2.14 bits per heavy atom. The van der Waals surface area contributed by atoms with E-state index in [1.165, 1.54) is 18.9 Å². The van der Waals surface area contributed by atoms with Crippen LogP contribution in [0.2, 0.25) is 5.15 Å². The Morgan fingerprint density at radius 1 is 1.41 bits per heavy atom. The van der Waals surface area contributed by atoms with Gasteiger partial charge in [0.2, 0.25) is 5.91 Å². The Morgan fingerprint density at radius 3 is 2.82 bits per heavy atom. The third-order valence-corrected chi connectivity index (χ3v) is 4.08. The van der Waals surface area contributed by atoms with Crippen molar-refractivity contribution in [3.05, 3.63) is 52.8 Å². The van der Waals surface area contributed by atoms with Gasteiger partial charge in [0.15, 0.2) is 0 Å². The molecule has 1 heterocycles. The molecule has 0 saturated heterocycles. The molecule has 1 saturated carbocycles. The second-order valence-corrected chi connectivity index (χ2v) is 5.92. The summed E-state index contributed by atoms with van der Waals surface area (Å²) in [4.78, 5) is 11.8. The minimum absolute atomic E-state index is 0.0881. The quantitative estimate of drug-likeness (QED) is 0.860. The van der Waals surface area contributed by atoms with E-state index in [1.54, 1.807) is 10.8 Å². The van der Waals surface area contributed by atoms with Crippen molar-refractivity contribution in [2.75, 3.05) is 6.54 Å². The standard InChI is InChI=1S/C17H18ClN3O/c1-12-15(9-10-16(22)19-11-13-7-8-13)17(18)21(20-12)14-5-3-2-4-6-14/h2-6,9-10,13H,7-8,11H2,1H3,(H,19,22)/b10-9+. The van der Waals surface area contributed by atoms with Crippen LogP contribution in [0.3, 0.4) is 0 Å². The Kier molecular flexibility index (Phi) is 4.29. The third kappa shape index (κ3) is 3.39. The maximum absolute atomic E-state index is 11.8. The number of hydrogen-bond acceptors (Lipinski definition) is 2. The Bertz CT molecular complexity index is 702. The molecule has 0 bridgehead atoms.